The van der Waals surface area contributed by atoms with Gasteiger partial charge in [-0.25, -0.2) is 8.42 Å². The normalized spacial score (nSPS) is 20.3. The minimum absolute atomic E-state index is 0.382. The van der Waals surface area contributed by atoms with Crippen molar-refractivity contribution in [1.29, 1.82) is 0 Å². The maximum atomic E-state index is 12.6. The van der Waals surface area contributed by atoms with E-state index in [2.05, 4.69) is 15.6 Å². The molecule has 2 fully saturated rings. The Morgan fingerprint density at radius 2 is 1.73 bits per heavy atom. The van der Waals surface area contributed by atoms with Crippen molar-refractivity contribution in [2.24, 2.45) is 4.99 Å². The molecule has 1 aliphatic carbocycles. The molecule has 0 unspecified atom stereocenters. The minimum Gasteiger partial charge on any atom is -0.354 e. The van der Waals surface area contributed by atoms with Gasteiger partial charge in [0.2, 0.25) is 10.0 Å². The summed E-state index contributed by atoms with van der Waals surface area (Å²) < 4.78 is 26.7. The fourth-order valence-corrected chi connectivity index (χ4v) is 5.19. The van der Waals surface area contributed by atoms with E-state index in [0.717, 1.165) is 24.4 Å². The topological polar surface area (TPSA) is 73.8 Å². The highest BCUT2D eigenvalue weighted by Crippen LogP contribution is 2.21. The second kappa shape index (κ2) is 8.86. The van der Waals surface area contributed by atoms with Crippen LogP contribution in [0.2, 0.25) is 0 Å². The third-order valence-corrected chi connectivity index (χ3v) is 7.17. The SMILES string of the molecule is CN=C(NCc1ccc(S(=O)(=O)N2CCCC2)cc1)NC1CCCCC1. The zero-order valence-corrected chi connectivity index (χ0v) is 16.4. The van der Waals surface area contributed by atoms with Crippen molar-refractivity contribution in [2.75, 3.05) is 20.1 Å². The van der Waals surface area contributed by atoms with E-state index in [9.17, 15) is 8.42 Å². The standard InChI is InChI=1S/C19H30N4O2S/c1-20-19(22-17-7-3-2-4-8-17)21-15-16-9-11-18(12-10-16)26(24,25)23-13-5-6-14-23/h9-12,17H,2-8,13-15H2,1H3,(H2,20,21,22). The van der Waals surface area contributed by atoms with Gasteiger partial charge in [0.25, 0.3) is 0 Å². The predicted octanol–water partition coefficient (Wildman–Crippen LogP) is 2.47. The van der Waals surface area contributed by atoms with Gasteiger partial charge in [-0.3, -0.25) is 4.99 Å². The highest BCUT2D eigenvalue weighted by Gasteiger charge is 2.26. The number of aliphatic imine (C=N–C) groups is 1. The van der Waals surface area contributed by atoms with Crippen molar-refractivity contribution in [3.63, 3.8) is 0 Å². The number of rotatable bonds is 5. The van der Waals surface area contributed by atoms with Crippen molar-refractivity contribution in [2.45, 2.75) is 62.4 Å². The molecule has 6 nitrogen and oxygen atoms in total. The van der Waals surface area contributed by atoms with Gasteiger partial charge in [-0.15, -0.1) is 0 Å². The fourth-order valence-electron chi connectivity index (χ4n) is 3.68. The molecule has 2 N–H and O–H groups in total. The largest absolute Gasteiger partial charge is 0.354 e. The number of guanidine groups is 1. The summed E-state index contributed by atoms with van der Waals surface area (Å²) in [7, 11) is -1.55. The van der Waals surface area contributed by atoms with Gasteiger partial charge in [0.15, 0.2) is 5.96 Å². The van der Waals surface area contributed by atoms with E-state index >= 15 is 0 Å². The smallest absolute Gasteiger partial charge is 0.243 e. The van der Waals surface area contributed by atoms with Gasteiger partial charge in [0, 0.05) is 32.7 Å². The average Bonchev–Trinajstić information content (AvgIpc) is 3.22. The van der Waals surface area contributed by atoms with E-state index in [1.54, 1.807) is 23.5 Å². The molecule has 1 aliphatic heterocycles. The molecule has 1 saturated carbocycles. The second-order valence-electron chi connectivity index (χ2n) is 7.16. The van der Waals surface area contributed by atoms with Gasteiger partial charge >= 0.3 is 0 Å². The molecule has 3 rings (SSSR count). The van der Waals surface area contributed by atoms with Crippen molar-refractivity contribution >= 4 is 16.0 Å². The summed E-state index contributed by atoms with van der Waals surface area (Å²) in [5, 5.41) is 6.81. The monoisotopic (exact) mass is 378 g/mol. The summed E-state index contributed by atoms with van der Waals surface area (Å²) in [4.78, 5) is 4.68. The molecule has 0 amide bonds. The lowest BCUT2D eigenvalue weighted by Gasteiger charge is -2.25. The molecule has 7 heteroatoms. The van der Waals surface area contributed by atoms with Crippen LogP contribution < -0.4 is 10.6 Å². The first-order chi connectivity index (χ1) is 12.6. The first-order valence-electron chi connectivity index (χ1n) is 9.66. The molecular weight excluding hydrogens is 348 g/mol. The van der Waals surface area contributed by atoms with Crippen LogP contribution in [0.15, 0.2) is 34.2 Å². The molecule has 0 spiro atoms. The third-order valence-electron chi connectivity index (χ3n) is 5.26. The van der Waals surface area contributed by atoms with Crippen LogP contribution in [0.4, 0.5) is 0 Å². The van der Waals surface area contributed by atoms with E-state index in [0.29, 0.717) is 30.6 Å². The van der Waals surface area contributed by atoms with E-state index in [1.807, 2.05) is 12.1 Å². The molecule has 2 aliphatic rings. The van der Waals surface area contributed by atoms with Gasteiger partial charge in [-0.05, 0) is 43.4 Å². The van der Waals surface area contributed by atoms with E-state index in [4.69, 9.17) is 0 Å². The summed E-state index contributed by atoms with van der Waals surface area (Å²) in [5.74, 6) is 0.811. The van der Waals surface area contributed by atoms with Gasteiger partial charge in [-0.2, -0.15) is 4.31 Å². The van der Waals surface area contributed by atoms with Gasteiger partial charge in [0.05, 0.1) is 4.90 Å². The zero-order chi connectivity index (χ0) is 18.4. The average molecular weight is 379 g/mol. The number of nitrogens with zero attached hydrogens (tertiary/aromatic N) is 2. The number of benzene rings is 1. The molecule has 1 saturated heterocycles. The highest BCUT2D eigenvalue weighted by atomic mass is 32.2. The summed E-state index contributed by atoms with van der Waals surface area (Å²) in [6.07, 6.45) is 8.19. The number of nitrogens with one attached hydrogen (secondary N) is 2. The van der Waals surface area contributed by atoms with Gasteiger partial charge in [-0.1, -0.05) is 31.4 Å². The zero-order valence-electron chi connectivity index (χ0n) is 15.6. The van der Waals surface area contributed by atoms with Crippen LogP contribution in [-0.4, -0.2) is 44.9 Å². The van der Waals surface area contributed by atoms with Crippen LogP contribution in [0.1, 0.15) is 50.5 Å². The van der Waals surface area contributed by atoms with Gasteiger partial charge in [0.1, 0.15) is 0 Å². The van der Waals surface area contributed by atoms with Crippen LogP contribution in [0, 0.1) is 0 Å². The first-order valence-corrected chi connectivity index (χ1v) is 11.1. The van der Waals surface area contributed by atoms with Crippen molar-refractivity contribution in [3.8, 4) is 0 Å². The maximum Gasteiger partial charge on any atom is 0.243 e. The Kier molecular flexibility index (Phi) is 6.53. The van der Waals surface area contributed by atoms with Crippen molar-refractivity contribution in [1.82, 2.24) is 14.9 Å². The quantitative estimate of drug-likeness (QED) is 0.610. The molecular formula is C19H30N4O2S. The minimum atomic E-state index is -3.33. The first kappa shape index (κ1) is 19.2. The Bertz CT molecular complexity index is 704. The Balaban J connectivity index is 1.55. The van der Waals surface area contributed by atoms with E-state index in [-0.39, 0.29) is 0 Å². The Morgan fingerprint density at radius 1 is 1.08 bits per heavy atom. The van der Waals surface area contributed by atoms with Crippen LogP contribution >= 0.6 is 0 Å². The molecule has 1 heterocycles. The molecule has 0 atom stereocenters. The molecule has 0 aromatic heterocycles. The Hall–Kier alpha value is -1.60. The predicted molar refractivity (Wildman–Crippen MR) is 105 cm³/mol. The molecule has 144 valence electrons. The van der Waals surface area contributed by atoms with Crippen LogP contribution in [0.3, 0.4) is 0 Å². The van der Waals surface area contributed by atoms with Crippen LogP contribution in [-0.2, 0) is 16.6 Å². The van der Waals surface area contributed by atoms with Crippen LogP contribution in [0.25, 0.3) is 0 Å². The third kappa shape index (κ3) is 4.76. The maximum absolute atomic E-state index is 12.6. The van der Waals surface area contributed by atoms with E-state index < -0.39 is 10.0 Å². The van der Waals surface area contributed by atoms with Crippen molar-refractivity contribution < 1.29 is 8.42 Å². The number of sulfonamides is 1. The lowest BCUT2D eigenvalue weighted by atomic mass is 9.96. The summed E-state index contributed by atoms with van der Waals surface area (Å²) >= 11 is 0. The Labute approximate surface area is 157 Å². The summed E-state index contributed by atoms with van der Waals surface area (Å²) in [6, 6.07) is 7.68. The van der Waals surface area contributed by atoms with E-state index in [1.165, 1.54) is 32.1 Å². The fraction of sp³-hybridized carbons (Fsp3) is 0.632. The summed E-state index contributed by atoms with van der Waals surface area (Å²) in [6.45, 7) is 1.89. The lowest BCUT2D eigenvalue weighted by molar-refractivity contribution is 0.410. The molecule has 1 aromatic carbocycles. The lowest BCUT2D eigenvalue weighted by Crippen LogP contribution is -2.43. The second-order valence-corrected chi connectivity index (χ2v) is 9.10. The molecule has 0 bridgehead atoms. The number of hydrogen-bond acceptors (Lipinski definition) is 3. The highest BCUT2D eigenvalue weighted by molar-refractivity contribution is 7.89. The van der Waals surface area contributed by atoms with Crippen molar-refractivity contribution in [3.05, 3.63) is 29.8 Å². The molecule has 26 heavy (non-hydrogen) atoms. The summed E-state index contributed by atoms with van der Waals surface area (Å²) in [5.41, 5.74) is 1.04. The molecule has 1 aromatic rings. The number of hydrogen-bond donors (Lipinski definition) is 2. The van der Waals surface area contributed by atoms with Crippen LogP contribution in [0.5, 0.6) is 0 Å². The van der Waals surface area contributed by atoms with Gasteiger partial charge < -0.3 is 10.6 Å². The Morgan fingerprint density at radius 3 is 2.35 bits per heavy atom. The molecule has 0 radical (unpaired) electrons.